The van der Waals surface area contributed by atoms with Crippen LogP contribution in [-0.4, -0.2) is 13.1 Å². The molecule has 0 saturated heterocycles. The summed E-state index contributed by atoms with van der Waals surface area (Å²) in [6.45, 7) is 6.37. The van der Waals surface area contributed by atoms with Crippen molar-refractivity contribution < 1.29 is 0 Å². The maximum Gasteiger partial charge on any atom is 0.0625 e. The van der Waals surface area contributed by atoms with E-state index in [-0.39, 0.29) is 0 Å². The summed E-state index contributed by atoms with van der Waals surface area (Å²) in [5.41, 5.74) is 2.51. The van der Waals surface area contributed by atoms with Crippen LogP contribution in [0.15, 0.2) is 24.3 Å². The molecule has 0 bridgehead atoms. The molecule has 0 fully saturated rings. The fourth-order valence-corrected chi connectivity index (χ4v) is 1.70. The Balaban J connectivity index is 2.77. The van der Waals surface area contributed by atoms with Gasteiger partial charge in [0.1, 0.15) is 0 Å². The first kappa shape index (κ1) is 11.6. The van der Waals surface area contributed by atoms with E-state index in [1.807, 2.05) is 0 Å². The molecule has 0 aliphatic heterocycles. The largest absolute Gasteiger partial charge is 0.372 e. The number of nitrogens with zero attached hydrogens (tertiary/aromatic N) is 2. The van der Waals surface area contributed by atoms with Gasteiger partial charge in [0.05, 0.1) is 6.07 Å². The van der Waals surface area contributed by atoms with E-state index in [0.717, 1.165) is 19.5 Å². The summed E-state index contributed by atoms with van der Waals surface area (Å²) in [5, 5.41) is 8.54. The average Bonchev–Trinajstić information content (AvgIpc) is 2.29. The zero-order valence-corrected chi connectivity index (χ0v) is 9.53. The van der Waals surface area contributed by atoms with Gasteiger partial charge in [-0.15, -0.1) is 0 Å². The first-order chi connectivity index (χ1) is 7.31. The van der Waals surface area contributed by atoms with E-state index in [2.05, 4.69) is 49.1 Å². The van der Waals surface area contributed by atoms with Gasteiger partial charge in [0, 0.05) is 25.2 Å². The Kier molecular flexibility index (Phi) is 4.70. The van der Waals surface area contributed by atoms with Crippen LogP contribution in [0.4, 0.5) is 5.69 Å². The van der Waals surface area contributed by atoms with Crippen LogP contribution in [0.3, 0.4) is 0 Å². The Bertz CT molecular complexity index is 335. The van der Waals surface area contributed by atoms with E-state index >= 15 is 0 Å². The van der Waals surface area contributed by atoms with Crippen molar-refractivity contribution >= 4 is 5.69 Å². The summed E-state index contributed by atoms with van der Waals surface area (Å²) in [5.74, 6) is 0. The molecule has 0 aromatic heterocycles. The highest BCUT2D eigenvalue weighted by molar-refractivity contribution is 5.48. The van der Waals surface area contributed by atoms with Crippen molar-refractivity contribution in [3.05, 3.63) is 29.8 Å². The second-order valence-electron chi connectivity index (χ2n) is 3.50. The molecular weight excluding hydrogens is 184 g/mol. The fourth-order valence-electron chi connectivity index (χ4n) is 1.70. The average molecular weight is 202 g/mol. The second kappa shape index (κ2) is 6.08. The molecule has 0 spiro atoms. The van der Waals surface area contributed by atoms with Gasteiger partial charge in [-0.05, 0) is 38.0 Å². The van der Waals surface area contributed by atoms with Crippen molar-refractivity contribution in [1.82, 2.24) is 0 Å². The Hall–Kier alpha value is -1.49. The topological polar surface area (TPSA) is 27.0 Å². The molecule has 15 heavy (non-hydrogen) atoms. The molecule has 0 radical (unpaired) electrons. The summed E-state index contributed by atoms with van der Waals surface area (Å²) in [6, 6.07) is 10.6. The lowest BCUT2D eigenvalue weighted by atomic mass is 10.1. The number of hydrogen-bond acceptors (Lipinski definition) is 2. The van der Waals surface area contributed by atoms with Crippen LogP contribution in [0.1, 0.15) is 25.8 Å². The van der Waals surface area contributed by atoms with Crippen molar-refractivity contribution in [2.24, 2.45) is 0 Å². The molecule has 1 aromatic rings. The minimum atomic E-state index is 0.599. The second-order valence-corrected chi connectivity index (χ2v) is 3.50. The third-order valence-corrected chi connectivity index (χ3v) is 2.56. The summed E-state index contributed by atoms with van der Waals surface area (Å²) < 4.78 is 0. The molecule has 0 atom stereocenters. The van der Waals surface area contributed by atoms with Gasteiger partial charge in [-0.2, -0.15) is 5.26 Å². The molecule has 1 rings (SSSR count). The van der Waals surface area contributed by atoms with E-state index in [4.69, 9.17) is 5.26 Å². The standard InChI is InChI=1S/C13H18N2/c1-3-15(4-2)13-9-5-7-12(11-13)8-6-10-14/h5,7,9,11H,3-4,6,8H2,1-2H3. The highest BCUT2D eigenvalue weighted by Crippen LogP contribution is 2.16. The maximum absolute atomic E-state index is 8.54. The van der Waals surface area contributed by atoms with Crippen molar-refractivity contribution in [3.8, 4) is 6.07 Å². The summed E-state index contributed by atoms with van der Waals surface area (Å²) >= 11 is 0. The van der Waals surface area contributed by atoms with E-state index < -0.39 is 0 Å². The Morgan fingerprint density at radius 2 is 2.00 bits per heavy atom. The van der Waals surface area contributed by atoms with E-state index in [0.29, 0.717) is 6.42 Å². The molecule has 0 unspecified atom stereocenters. The molecular formula is C13H18N2. The normalized spacial score (nSPS) is 9.67. The van der Waals surface area contributed by atoms with Gasteiger partial charge in [0.25, 0.3) is 0 Å². The first-order valence-electron chi connectivity index (χ1n) is 5.52. The van der Waals surface area contributed by atoms with Gasteiger partial charge in [-0.1, -0.05) is 12.1 Å². The Labute approximate surface area is 92.1 Å². The highest BCUT2D eigenvalue weighted by Gasteiger charge is 2.01. The zero-order valence-electron chi connectivity index (χ0n) is 9.53. The van der Waals surface area contributed by atoms with Gasteiger partial charge < -0.3 is 4.90 Å². The van der Waals surface area contributed by atoms with Gasteiger partial charge in [0.2, 0.25) is 0 Å². The minimum Gasteiger partial charge on any atom is -0.372 e. The van der Waals surface area contributed by atoms with Crippen LogP contribution in [-0.2, 0) is 6.42 Å². The number of anilines is 1. The smallest absolute Gasteiger partial charge is 0.0625 e. The minimum absolute atomic E-state index is 0.599. The summed E-state index contributed by atoms with van der Waals surface area (Å²) in [4.78, 5) is 2.32. The van der Waals surface area contributed by atoms with E-state index in [9.17, 15) is 0 Å². The molecule has 80 valence electrons. The van der Waals surface area contributed by atoms with Crippen molar-refractivity contribution in [3.63, 3.8) is 0 Å². The van der Waals surface area contributed by atoms with Gasteiger partial charge in [-0.3, -0.25) is 0 Å². The van der Waals surface area contributed by atoms with Gasteiger partial charge in [-0.25, -0.2) is 0 Å². The van der Waals surface area contributed by atoms with Crippen molar-refractivity contribution in [2.75, 3.05) is 18.0 Å². The predicted octanol–water partition coefficient (Wildman–Crippen LogP) is 2.99. The van der Waals surface area contributed by atoms with Gasteiger partial charge >= 0.3 is 0 Å². The lowest BCUT2D eigenvalue weighted by molar-refractivity contribution is 0.863. The molecule has 1 aromatic carbocycles. The number of benzene rings is 1. The molecule has 2 heteroatoms. The maximum atomic E-state index is 8.54. The first-order valence-corrected chi connectivity index (χ1v) is 5.52. The number of hydrogen-bond donors (Lipinski definition) is 0. The SMILES string of the molecule is CCN(CC)c1cccc(CCC#N)c1. The molecule has 0 amide bonds. The van der Waals surface area contributed by atoms with E-state index in [1.165, 1.54) is 11.3 Å². The Morgan fingerprint density at radius 1 is 1.27 bits per heavy atom. The monoisotopic (exact) mass is 202 g/mol. The number of rotatable bonds is 5. The van der Waals surface area contributed by atoms with Crippen LogP contribution < -0.4 is 4.90 Å². The lowest BCUT2D eigenvalue weighted by Crippen LogP contribution is -2.21. The van der Waals surface area contributed by atoms with E-state index in [1.54, 1.807) is 0 Å². The third-order valence-electron chi connectivity index (χ3n) is 2.56. The quantitative estimate of drug-likeness (QED) is 0.734. The molecule has 0 N–H and O–H groups in total. The van der Waals surface area contributed by atoms with Crippen LogP contribution >= 0.6 is 0 Å². The van der Waals surface area contributed by atoms with Crippen LogP contribution in [0.5, 0.6) is 0 Å². The number of aryl methyl sites for hydroxylation is 1. The van der Waals surface area contributed by atoms with Gasteiger partial charge in [0.15, 0.2) is 0 Å². The number of nitriles is 1. The summed E-state index contributed by atoms with van der Waals surface area (Å²) in [7, 11) is 0. The molecule has 0 aliphatic carbocycles. The van der Waals surface area contributed by atoms with Crippen LogP contribution in [0.25, 0.3) is 0 Å². The van der Waals surface area contributed by atoms with Crippen LogP contribution in [0.2, 0.25) is 0 Å². The fraction of sp³-hybridized carbons (Fsp3) is 0.462. The van der Waals surface area contributed by atoms with Crippen molar-refractivity contribution in [2.45, 2.75) is 26.7 Å². The molecule has 0 aliphatic rings. The van der Waals surface area contributed by atoms with Crippen LogP contribution in [0, 0.1) is 11.3 Å². The zero-order chi connectivity index (χ0) is 11.1. The van der Waals surface area contributed by atoms with Crippen molar-refractivity contribution in [1.29, 1.82) is 5.26 Å². The Morgan fingerprint density at radius 3 is 2.60 bits per heavy atom. The predicted molar refractivity (Wildman–Crippen MR) is 63.9 cm³/mol. The molecule has 0 saturated carbocycles. The highest BCUT2D eigenvalue weighted by atomic mass is 15.1. The lowest BCUT2D eigenvalue weighted by Gasteiger charge is -2.21. The molecule has 0 heterocycles. The third kappa shape index (κ3) is 3.28. The molecule has 2 nitrogen and oxygen atoms in total. The summed E-state index contributed by atoms with van der Waals surface area (Å²) in [6.07, 6.45) is 1.45.